The van der Waals surface area contributed by atoms with Gasteiger partial charge in [-0.3, -0.25) is 0 Å². The number of hydrogen-bond donors (Lipinski definition) is 1. The highest BCUT2D eigenvalue weighted by molar-refractivity contribution is 5.96. The van der Waals surface area contributed by atoms with Crippen molar-refractivity contribution in [2.75, 3.05) is 0 Å². The highest BCUT2D eigenvalue weighted by Crippen LogP contribution is 2.30. The molecule has 0 aromatic heterocycles. The molecule has 0 bridgehead atoms. The molecule has 3 rings (SSSR count). The standard InChI is InChI=1S/C28H38O3/c1-3-4-13-24(17-15-22-11-6-5-7-12-22)31-20-23-16-18-26(28(29)30)27(19-23)25-14-9-8-10-21(25)2/h8-10,14,16,18-19,22,24H,3-7,11-13,15,17,20H2,1-2H3,(H,29,30). The van der Waals surface area contributed by atoms with Crippen LogP contribution in [0.15, 0.2) is 42.5 Å². The molecule has 168 valence electrons. The van der Waals surface area contributed by atoms with Crippen LogP contribution in [0.25, 0.3) is 11.1 Å². The SMILES string of the molecule is CCCCC(CCC1CCCCC1)OCc1ccc(C(=O)O)c(-c2ccccc2C)c1. The van der Waals surface area contributed by atoms with Gasteiger partial charge < -0.3 is 9.84 Å². The monoisotopic (exact) mass is 422 g/mol. The van der Waals surface area contributed by atoms with Gasteiger partial charge in [-0.2, -0.15) is 0 Å². The van der Waals surface area contributed by atoms with Gasteiger partial charge in [0.2, 0.25) is 0 Å². The smallest absolute Gasteiger partial charge is 0.336 e. The van der Waals surface area contributed by atoms with Gasteiger partial charge in [-0.1, -0.05) is 82.2 Å². The van der Waals surface area contributed by atoms with Crippen molar-refractivity contribution in [3.8, 4) is 11.1 Å². The minimum Gasteiger partial charge on any atom is -0.478 e. The van der Waals surface area contributed by atoms with E-state index in [4.69, 9.17) is 4.74 Å². The van der Waals surface area contributed by atoms with Crippen LogP contribution in [0, 0.1) is 12.8 Å². The van der Waals surface area contributed by atoms with Crippen molar-refractivity contribution in [2.45, 2.75) is 90.8 Å². The lowest BCUT2D eigenvalue weighted by atomic mass is 9.85. The van der Waals surface area contributed by atoms with Crippen molar-refractivity contribution < 1.29 is 14.6 Å². The second-order valence-corrected chi connectivity index (χ2v) is 9.16. The average Bonchev–Trinajstić information content (AvgIpc) is 2.79. The second kappa shape index (κ2) is 12.0. The first kappa shape index (κ1) is 23.5. The summed E-state index contributed by atoms with van der Waals surface area (Å²) in [6.45, 7) is 4.80. The number of aromatic carboxylic acids is 1. The molecule has 31 heavy (non-hydrogen) atoms. The molecule has 0 heterocycles. The van der Waals surface area contributed by atoms with Crippen LogP contribution >= 0.6 is 0 Å². The number of rotatable bonds is 11. The van der Waals surface area contributed by atoms with E-state index in [1.807, 2.05) is 43.3 Å². The van der Waals surface area contributed by atoms with Crippen molar-refractivity contribution in [1.29, 1.82) is 0 Å². The fraction of sp³-hybridized carbons (Fsp3) is 0.536. The topological polar surface area (TPSA) is 46.5 Å². The van der Waals surface area contributed by atoms with Gasteiger partial charge in [0.15, 0.2) is 0 Å². The molecular formula is C28H38O3. The Morgan fingerprint density at radius 1 is 1.06 bits per heavy atom. The zero-order valence-corrected chi connectivity index (χ0v) is 19.2. The Morgan fingerprint density at radius 2 is 1.84 bits per heavy atom. The molecule has 3 heteroatoms. The number of carboxylic acids is 1. The van der Waals surface area contributed by atoms with Crippen molar-refractivity contribution in [3.63, 3.8) is 0 Å². The Bertz CT molecular complexity index is 836. The second-order valence-electron chi connectivity index (χ2n) is 9.16. The summed E-state index contributed by atoms with van der Waals surface area (Å²) in [4.78, 5) is 11.8. The third-order valence-corrected chi connectivity index (χ3v) is 6.74. The maximum Gasteiger partial charge on any atom is 0.336 e. The minimum atomic E-state index is -0.890. The third-order valence-electron chi connectivity index (χ3n) is 6.74. The van der Waals surface area contributed by atoms with Gasteiger partial charge in [0, 0.05) is 0 Å². The van der Waals surface area contributed by atoms with Gasteiger partial charge in [0.25, 0.3) is 0 Å². The quantitative estimate of drug-likeness (QED) is 0.402. The van der Waals surface area contributed by atoms with E-state index in [1.54, 1.807) is 6.07 Å². The number of ether oxygens (including phenoxy) is 1. The number of carbonyl (C=O) groups is 1. The summed E-state index contributed by atoms with van der Waals surface area (Å²) in [6, 6.07) is 13.6. The first-order valence-corrected chi connectivity index (χ1v) is 12.1. The fourth-order valence-electron chi connectivity index (χ4n) is 4.82. The number of carboxylic acid groups (broad SMARTS) is 1. The van der Waals surface area contributed by atoms with Crippen LogP contribution < -0.4 is 0 Å². The van der Waals surface area contributed by atoms with Crippen molar-refractivity contribution in [3.05, 3.63) is 59.2 Å². The molecule has 0 saturated heterocycles. The molecule has 3 nitrogen and oxygen atoms in total. The number of aryl methyl sites for hydroxylation is 1. The largest absolute Gasteiger partial charge is 0.478 e. The summed E-state index contributed by atoms with van der Waals surface area (Å²) in [7, 11) is 0. The average molecular weight is 423 g/mol. The maximum absolute atomic E-state index is 11.8. The molecule has 0 aliphatic heterocycles. The first-order chi connectivity index (χ1) is 15.1. The minimum absolute atomic E-state index is 0.294. The van der Waals surface area contributed by atoms with Gasteiger partial charge in [0.1, 0.15) is 0 Å². The molecule has 0 amide bonds. The highest BCUT2D eigenvalue weighted by Gasteiger charge is 2.18. The lowest BCUT2D eigenvalue weighted by Crippen LogP contribution is -2.16. The summed E-state index contributed by atoms with van der Waals surface area (Å²) in [5.41, 5.74) is 4.22. The molecule has 1 unspecified atom stereocenters. The van der Waals surface area contributed by atoms with E-state index in [0.29, 0.717) is 18.3 Å². The molecule has 1 saturated carbocycles. The van der Waals surface area contributed by atoms with Gasteiger partial charge >= 0.3 is 5.97 Å². The third kappa shape index (κ3) is 6.93. The Morgan fingerprint density at radius 3 is 2.55 bits per heavy atom. The Balaban J connectivity index is 1.69. The fourth-order valence-corrected chi connectivity index (χ4v) is 4.82. The van der Waals surface area contributed by atoms with E-state index in [0.717, 1.165) is 41.0 Å². The van der Waals surface area contributed by atoms with Crippen molar-refractivity contribution >= 4 is 5.97 Å². The van der Waals surface area contributed by atoms with Crippen LogP contribution in [0.3, 0.4) is 0 Å². The molecule has 2 aromatic rings. The van der Waals surface area contributed by atoms with Crippen molar-refractivity contribution in [2.24, 2.45) is 5.92 Å². The molecule has 2 aromatic carbocycles. The zero-order valence-electron chi connectivity index (χ0n) is 19.2. The maximum atomic E-state index is 11.8. The summed E-state index contributed by atoms with van der Waals surface area (Å²) in [6.07, 6.45) is 13.2. The molecule has 1 fully saturated rings. The molecule has 1 aliphatic carbocycles. The predicted octanol–water partition coefficient (Wildman–Crippen LogP) is 7.80. The summed E-state index contributed by atoms with van der Waals surface area (Å²) in [5.74, 6) is -0.0111. The van der Waals surface area contributed by atoms with Crippen LogP contribution in [0.2, 0.25) is 0 Å². The van der Waals surface area contributed by atoms with E-state index in [-0.39, 0.29) is 0 Å². The molecule has 0 radical (unpaired) electrons. The van der Waals surface area contributed by atoms with Crippen LogP contribution in [-0.4, -0.2) is 17.2 Å². The number of benzene rings is 2. The predicted molar refractivity (Wildman–Crippen MR) is 127 cm³/mol. The first-order valence-electron chi connectivity index (χ1n) is 12.1. The van der Waals surface area contributed by atoms with Gasteiger partial charge in [-0.25, -0.2) is 4.79 Å². The van der Waals surface area contributed by atoms with Crippen LogP contribution in [-0.2, 0) is 11.3 Å². The Labute approximate surface area is 187 Å². The Hall–Kier alpha value is -2.13. The van der Waals surface area contributed by atoms with Crippen LogP contribution in [0.4, 0.5) is 0 Å². The summed E-state index contributed by atoms with van der Waals surface area (Å²) in [5, 5.41) is 9.69. The lowest BCUT2D eigenvalue weighted by molar-refractivity contribution is 0.0229. The highest BCUT2D eigenvalue weighted by atomic mass is 16.5. The van der Waals surface area contributed by atoms with Crippen molar-refractivity contribution in [1.82, 2.24) is 0 Å². The van der Waals surface area contributed by atoms with E-state index >= 15 is 0 Å². The van der Waals surface area contributed by atoms with Crippen LogP contribution in [0.1, 0.15) is 92.6 Å². The van der Waals surface area contributed by atoms with E-state index in [2.05, 4.69) is 6.92 Å². The van der Waals surface area contributed by atoms with E-state index in [9.17, 15) is 9.90 Å². The number of hydrogen-bond acceptors (Lipinski definition) is 2. The van der Waals surface area contributed by atoms with Crippen LogP contribution in [0.5, 0.6) is 0 Å². The molecule has 1 N–H and O–H groups in total. The van der Waals surface area contributed by atoms with E-state index in [1.165, 1.54) is 51.4 Å². The van der Waals surface area contributed by atoms with E-state index < -0.39 is 5.97 Å². The van der Waals surface area contributed by atoms with Gasteiger partial charge in [-0.15, -0.1) is 0 Å². The van der Waals surface area contributed by atoms with Gasteiger partial charge in [0.05, 0.1) is 18.3 Å². The zero-order chi connectivity index (χ0) is 22.1. The molecule has 1 atom stereocenters. The molecule has 0 spiro atoms. The normalized spacial score (nSPS) is 15.7. The van der Waals surface area contributed by atoms with Gasteiger partial charge in [-0.05, 0) is 66.5 Å². The Kier molecular flexibility index (Phi) is 9.14. The molecule has 1 aliphatic rings. The summed E-state index contributed by atoms with van der Waals surface area (Å²) < 4.78 is 6.40. The number of unbranched alkanes of at least 4 members (excludes halogenated alkanes) is 1. The molecular weight excluding hydrogens is 384 g/mol. The summed E-state index contributed by atoms with van der Waals surface area (Å²) >= 11 is 0. The lowest BCUT2D eigenvalue weighted by Gasteiger charge is -2.24.